The second kappa shape index (κ2) is 3.12. The van der Waals surface area contributed by atoms with Crippen molar-refractivity contribution in [3.63, 3.8) is 0 Å². The number of ether oxygens (including phenoxy) is 1. The summed E-state index contributed by atoms with van der Waals surface area (Å²) in [4.78, 5) is 0. The topological polar surface area (TPSA) is 67.5 Å². The van der Waals surface area contributed by atoms with Crippen LogP contribution in [0.25, 0.3) is 0 Å². The lowest BCUT2D eigenvalue weighted by Gasteiger charge is -2.04. The van der Waals surface area contributed by atoms with Crippen molar-refractivity contribution in [2.24, 2.45) is 5.84 Å². The van der Waals surface area contributed by atoms with E-state index in [0.29, 0.717) is 11.4 Å². The van der Waals surface area contributed by atoms with Gasteiger partial charge in [0.2, 0.25) is 0 Å². The van der Waals surface area contributed by atoms with Gasteiger partial charge in [0.1, 0.15) is 11.5 Å². The molecule has 0 radical (unpaired) electrons. The van der Waals surface area contributed by atoms with E-state index >= 15 is 0 Å². The zero-order valence-electron chi connectivity index (χ0n) is 6.16. The molecule has 0 aliphatic heterocycles. The Balaban J connectivity index is 3.02. The lowest BCUT2D eigenvalue weighted by molar-refractivity contribution is 0.408. The molecule has 0 bridgehead atoms. The summed E-state index contributed by atoms with van der Waals surface area (Å²) in [6.07, 6.45) is 0. The van der Waals surface area contributed by atoms with E-state index in [2.05, 4.69) is 5.43 Å². The number of hydrazine groups is 1. The Morgan fingerprint density at radius 2 is 2.18 bits per heavy atom. The predicted molar refractivity (Wildman–Crippen MR) is 42.5 cm³/mol. The molecule has 0 atom stereocenters. The van der Waals surface area contributed by atoms with E-state index in [9.17, 15) is 0 Å². The van der Waals surface area contributed by atoms with Crippen LogP contribution in [-0.4, -0.2) is 12.2 Å². The molecule has 4 heteroatoms. The maximum atomic E-state index is 9.08. The first kappa shape index (κ1) is 7.68. The average Bonchev–Trinajstić information content (AvgIpc) is 2.03. The predicted octanol–water partition coefficient (Wildman–Crippen LogP) is 0.686. The smallest absolute Gasteiger partial charge is 0.124 e. The molecular weight excluding hydrogens is 144 g/mol. The van der Waals surface area contributed by atoms with Crippen LogP contribution < -0.4 is 16.0 Å². The molecule has 0 fully saturated rings. The van der Waals surface area contributed by atoms with Crippen molar-refractivity contribution in [2.75, 3.05) is 12.5 Å². The summed E-state index contributed by atoms with van der Waals surface area (Å²) in [5.74, 6) is 5.82. The fraction of sp³-hybridized carbons (Fsp3) is 0.143. The number of nitrogens with two attached hydrogens (primary N) is 1. The number of rotatable bonds is 2. The maximum absolute atomic E-state index is 9.08. The molecule has 0 saturated carbocycles. The molecule has 0 aromatic heterocycles. The number of phenols is 1. The summed E-state index contributed by atoms with van der Waals surface area (Å²) in [6.45, 7) is 0. The Bertz CT molecular complexity index is 228. The summed E-state index contributed by atoms with van der Waals surface area (Å²) >= 11 is 0. The third-order valence-corrected chi connectivity index (χ3v) is 1.29. The first-order valence-corrected chi connectivity index (χ1v) is 3.11. The van der Waals surface area contributed by atoms with Crippen LogP contribution in [0.2, 0.25) is 0 Å². The molecule has 0 spiro atoms. The molecule has 0 saturated heterocycles. The highest BCUT2D eigenvalue weighted by molar-refractivity contribution is 5.52. The zero-order valence-corrected chi connectivity index (χ0v) is 6.16. The van der Waals surface area contributed by atoms with E-state index in [0.717, 1.165) is 0 Å². The number of aromatic hydroxyl groups is 1. The Labute approximate surface area is 64.6 Å². The van der Waals surface area contributed by atoms with Crippen LogP contribution >= 0.6 is 0 Å². The fourth-order valence-electron chi connectivity index (χ4n) is 0.785. The van der Waals surface area contributed by atoms with Crippen molar-refractivity contribution in [1.82, 2.24) is 0 Å². The highest BCUT2D eigenvalue weighted by Gasteiger charge is 1.97. The molecule has 0 heterocycles. The third kappa shape index (κ3) is 1.75. The van der Waals surface area contributed by atoms with Gasteiger partial charge in [-0.05, 0) is 0 Å². The second-order valence-electron chi connectivity index (χ2n) is 2.06. The molecule has 0 unspecified atom stereocenters. The normalized spacial score (nSPS) is 9.27. The molecule has 0 amide bonds. The van der Waals surface area contributed by atoms with Gasteiger partial charge in [0.15, 0.2) is 0 Å². The Morgan fingerprint density at radius 1 is 1.45 bits per heavy atom. The molecule has 11 heavy (non-hydrogen) atoms. The largest absolute Gasteiger partial charge is 0.508 e. The molecule has 0 aliphatic carbocycles. The zero-order chi connectivity index (χ0) is 8.27. The van der Waals surface area contributed by atoms with Crippen LogP contribution in [0.5, 0.6) is 11.5 Å². The van der Waals surface area contributed by atoms with Gasteiger partial charge in [-0.1, -0.05) is 0 Å². The minimum atomic E-state index is 0.123. The van der Waals surface area contributed by atoms with Crippen LogP contribution in [-0.2, 0) is 0 Å². The van der Waals surface area contributed by atoms with Gasteiger partial charge in [0, 0.05) is 18.2 Å². The van der Waals surface area contributed by atoms with Crippen LogP contribution in [0, 0.1) is 0 Å². The number of nitrogens with one attached hydrogen (secondary N) is 1. The molecule has 1 rings (SSSR count). The second-order valence-corrected chi connectivity index (χ2v) is 2.06. The van der Waals surface area contributed by atoms with Gasteiger partial charge >= 0.3 is 0 Å². The van der Waals surface area contributed by atoms with E-state index < -0.39 is 0 Å². The van der Waals surface area contributed by atoms with E-state index in [4.69, 9.17) is 15.7 Å². The number of anilines is 1. The van der Waals surface area contributed by atoms with Gasteiger partial charge in [-0.25, -0.2) is 0 Å². The summed E-state index contributed by atoms with van der Waals surface area (Å²) in [7, 11) is 1.52. The quantitative estimate of drug-likeness (QED) is 0.433. The monoisotopic (exact) mass is 154 g/mol. The van der Waals surface area contributed by atoms with E-state index in [1.165, 1.54) is 19.2 Å². The van der Waals surface area contributed by atoms with Crippen LogP contribution in [0.1, 0.15) is 0 Å². The van der Waals surface area contributed by atoms with Crippen molar-refractivity contribution in [1.29, 1.82) is 0 Å². The van der Waals surface area contributed by atoms with Crippen molar-refractivity contribution >= 4 is 5.69 Å². The van der Waals surface area contributed by atoms with Gasteiger partial charge in [-0.3, -0.25) is 5.84 Å². The summed E-state index contributed by atoms with van der Waals surface area (Å²) in [6, 6.07) is 4.68. The summed E-state index contributed by atoms with van der Waals surface area (Å²) in [5, 5.41) is 9.08. The standard InChI is InChI=1S/C7H10N2O2/c1-11-7-3-5(9-8)2-6(10)4-7/h2-4,9-10H,8H2,1H3. The van der Waals surface area contributed by atoms with Crippen LogP contribution in [0.15, 0.2) is 18.2 Å². The molecule has 4 nitrogen and oxygen atoms in total. The molecule has 1 aromatic rings. The van der Waals surface area contributed by atoms with E-state index in [1.807, 2.05) is 0 Å². The Morgan fingerprint density at radius 3 is 2.73 bits per heavy atom. The first-order chi connectivity index (χ1) is 5.26. The highest BCUT2D eigenvalue weighted by atomic mass is 16.5. The fourth-order valence-corrected chi connectivity index (χ4v) is 0.785. The Hall–Kier alpha value is -1.42. The molecule has 1 aromatic carbocycles. The van der Waals surface area contributed by atoms with Crippen molar-refractivity contribution in [3.05, 3.63) is 18.2 Å². The number of hydrogen-bond donors (Lipinski definition) is 3. The van der Waals surface area contributed by atoms with E-state index in [-0.39, 0.29) is 5.75 Å². The number of benzene rings is 1. The lowest BCUT2D eigenvalue weighted by Crippen LogP contribution is -2.06. The van der Waals surface area contributed by atoms with Gasteiger partial charge in [0.05, 0.1) is 12.8 Å². The molecule has 60 valence electrons. The minimum Gasteiger partial charge on any atom is -0.508 e. The molecule has 4 N–H and O–H groups in total. The SMILES string of the molecule is COc1cc(O)cc(NN)c1. The average molecular weight is 154 g/mol. The van der Waals surface area contributed by atoms with Crippen molar-refractivity contribution in [3.8, 4) is 11.5 Å². The summed E-state index contributed by atoms with van der Waals surface area (Å²) in [5.41, 5.74) is 3.02. The van der Waals surface area contributed by atoms with Gasteiger partial charge < -0.3 is 15.3 Å². The van der Waals surface area contributed by atoms with Crippen molar-refractivity contribution in [2.45, 2.75) is 0 Å². The number of phenolic OH excluding ortho intramolecular Hbond substituents is 1. The highest BCUT2D eigenvalue weighted by Crippen LogP contribution is 2.23. The molecule has 0 aliphatic rings. The maximum Gasteiger partial charge on any atom is 0.124 e. The van der Waals surface area contributed by atoms with E-state index in [1.54, 1.807) is 6.07 Å². The Kier molecular flexibility index (Phi) is 2.18. The van der Waals surface area contributed by atoms with Gasteiger partial charge in [-0.2, -0.15) is 0 Å². The van der Waals surface area contributed by atoms with Crippen molar-refractivity contribution < 1.29 is 9.84 Å². The number of hydrogen-bond acceptors (Lipinski definition) is 4. The van der Waals surface area contributed by atoms with Crippen LogP contribution in [0.4, 0.5) is 5.69 Å². The minimum absolute atomic E-state index is 0.123. The van der Waals surface area contributed by atoms with Gasteiger partial charge in [0.25, 0.3) is 0 Å². The third-order valence-electron chi connectivity index (χ3n) is 1.29. The van der Waals surface area contributed by atoms with Gasteiger partial charge in [-0.15, -0.1) is 0 Å². The molecular formula is C7H10N2O2. The first-order valence-electron chi connectivity index (χ1n) is 3.11. The number of nitrogen functional groups attached to an aromatic ring is 1. The lowest BCUT2D eigenvalue weighted by atomic mass is 10.3. The summed E-state index contributed by atoms with van der Waals surface area (Å²) < 4.78 is 4.88. The van der Waals surface area contributed by atoms with Crippen LogP contribution in [0.3, 0.4) is 0 Å². The number of methoxy groups -OCH3 is 1.